The summed E-state index contributed by atoms with van der Waals surface area (Å²) in [7, 11) is 1.24. The first-order valence-corrected chi connectivity index (χ1v) is 7.68. The summed E-state index contributed by atoms with van der Waals surface area (Å²) in [5, 5.41) is 11.1. The summed E-state index contributed by atoms with van der Waals surface area (Å²) in [4.78, 5) is 22.3. The number of non-ortho nitro benzene ring substituents is 1. The molecule has 0 bridgehead atoms. The third-order valence-electron chi connectivity index (χ3n) is 3.92. The number of hydrogen-bond donors (Lipinski definition) is 0. The predicted octanol–water partition coefficient (Wildman–Crippen LogP) is 3.84. The monoisotopic (exact) mass is 327 g/mol. The van der Waals surface area contributed by atoms with Crippen molar-refractivity contribution in [2.45, 2.75) is 12.8 Å². The van der Waals surface area contributed by atoms with E-state index in [1.165, 1.54) is 32.1 Å². The van der Waals surface area contributed by atoms with Crippen LogP contribution in [0.1, 0.15) is 23.2 Å². The molecule has 0 atom stereocenters. The van der Waals surface area contributed by atoms with Crippen LogP contribution in [0.5, 0.6) is 5.75 Å². The topological polar surface area (TPSA) is 78.7 Å². The highest BCUT2D eigenvalue weighted by Gasteiger charge is 2.22. The van der Waals surface area contributed by atoms with Crippen LogP contribution in [0.2, 0.25) is 0 Å². The summed E-state index contributed by atoms with van der Waals surface area (Å²) in [6, 6.07) is 11.5. The Morgan fingerprint density at radius 1 is 1.17 bits per heavy atom. The van der Waals surface area contributed by atoms with Gasteiger partial charge in [0.25, 0.3) is 5.69 Å². The van der Waals surface area contributed by atoms with Gasteiger partial charge in [-0.1, -0.05) is 12.1 Å². The van der Waals surface area contributed by atoms with E-state index in [0.717, 1.165) is 17.9 Å². The van der Waals surface area contributed by atoms with Crippen LogP contribution >= 0.6 is 0 Å². The summed E-state index contributed by atoms with van der Waals surface area (Å²) in [6.45, 7) is 0.725. The number of ether oxygens (including phenoxy) is 2. The van der Waals surface area contributed by atoms with Gasteiger partial charge in [0.1, 0.15) is 5.75 Å². The van der Waals surface area contributed by atoms with Gasteiger partial charge in [-0.15, -0.1) is 0 Å². The molecule has 1 fully saturated rings. The third-order valence-corrected chi connectivity index (χ3v) is 3.92. The van der Waals surface area contributed by atoms with Gasteiger partial charge in [0.15, 0.2) is 0 Å². The standard InChI is InChI=1S/C18H17NO5/c1-23-18(20)15-8-14(9-16(10-15)19(21)22)13-4-6-17(7-5-13)24-11-12-2-3-12/h4-10,12H,2-3,11H2,1H3. The molecule has 124 valence electrons. The van der Waals surface area contributed by atoms with Gasteiger partial charge in [-0.3, -0.25) is 10.1 Å². The third kappa shape index (κ3) is 3.71. The molecule has 2 aromatic carbocycles. The van der Waals surface area contributed by atoms with Crippen molar-refractivity contribution in [3.05, 3.63) is 58.1 Å². The van der Waals surface area contributed by atoms with Crippen LogP contribution in [0, 0.1) is 16.0 Å². The van der Waals surface area contributed by atoms with Crippen molar-refractivity contribution in [1.82, 2.24) is 0 Å². The molecule has 6 heteroatoms. The van der Waals surface area contributed by atoms with Crippen molar-refractivity contribution in [2.24, 2.45) is 5.92 Å². The number of esters is 1. The Balaban J connectivity index is 1.87. The van der Waals surface area contributed by atoms with Gasteiger partial charge in [0.2, 0.25) is 0 Å². The van der Waals surface area contributed by atoms with E-state index in [4.69, 9.17) is 4.74 Å². The average molecular weight is 327 g/mol. The minimum absolute atomic E-state index is 0.149. The number of nitro benzene ring substituents is 1. The van der Waals surface area contributed by atoms with Crippen molar-refractivity contribution in [3.8, 4) is 16.9 Å². The SMILES string of the molecule is COC(=O)c1cc(-c2ccc(OCC3CC3)cc2)cc([N+](=O)[O-])c1. The molecule has 0 unspecified atom stereocenters. The molecule has 0 N–H and O–H groups in total. The molecule has 1 aliphatic carbocycles. The maximum absolute atomic E-state index is 11.7. The molecule has 3 rings (SSSR count). The van der Waals surface area contributed by atoms with Crippen molar-refractivity contribution in [2.75, 3.05) is 13.7 Å². The van der Waals surface area contributed by atoms with Crippen LogP contribution in [-0.4, -0.2) is 24.6 Å². The van der Waals surface area contributed by atoms with Gasteiger partial charge in [0, 0.05) is 12.1 Å². The number of carbonyl (C=O) groups excluding carboxylic acids is 1. The van der Waals surface area contributed by atoms with Crippen LogP contribution < -0.4 is 4.74 Å². The van der Waals surface area contributed by atoms with Crippen molar-refractivity contribution < 1.29 is 19.2 Å². The highest BCUT2D eigenvalue weighted by molar-refractivity contribution is 5.92. The van der Waals surface area contributed by atoms with Gasteiger partial charge in [0.05, 0.1) is 24.2 Å². The lowest BCUT2D eigenvalue weighted by molar-refractivity contribution is -0.384. The number of benzene rings is 2. The molecule has 1 aliphatic rings. The van der Waals surface area contributed by atoms with Gasteiger partial charge in [-0.2, -0.15) is 0 Å². The Morgan fingerprint density at radius 2 is 1.88 bits per heavy atom. The zero-order valence-corrected chi connectivity index (χ0v) is 13.2. The second kappa shape index (κ2) is 6.70. The van der Waals surface area contributed by atoms with Crippen molar-refractivity contribution in [3.63, 3.8) is 0 Å². The summed E-state index contributed by atoms with van der Waals surface area (Å²) in [5.41, 5.74) is 1.35. The number of carbonyl (C=O) groups is 1. The summed E-state index contributed by atoms with van der Waals surface area (Å²) in [5.74, 6) is 0.831. The Labute approximate surface area is 139 Å². The van der Waals surface area contributed by atoms with E-state index in [2.05, 4.69) is 4.74 Å². The smallest absolute Gasteiger partial charge is 0.338 e. The maximum atomic E-state index is 11.7. The highest BCUT2D eigenvalue weighted by Crippen LogP contribution is 2.31. The van der Waals surface area contributed by atoms with E-state index in [0.29, 0.717) is 11.5 Å². The number of nitrogens with zero attached hydrogens (tertiary/aromatic N) is 1. The number of rotatable bonds is 6. The Morgan fingerprint density at radius 3 is 2.46 bits per heavy atom. The molecule has 2 aromatic rings. The van der Waals surface area contributed by atoms with Gasteiger partial charge in [-0.25, -0.2) is 4.79 Å². The predicted molar refractivity (Wildman–Crippen MR) is 88.1 cm³/mol. The lowest BCUT2D eigenvalue weighted by Gasteiger charge is -2.08. The molecule has 0 aromatic heterocycles. The second-order valence-corrected chi connectivity index (χ2v) is 5.80. The van der Waals surface area contributed by atoms with Crippen LogP contribution in [0.3, 0.4) is 0 Å². The van der Waals surface area contributed by atoms with Crippen molar-refractivity contribution >= 4 is 11.7 Å². The molecule has 24 heavy (non-hydrogen) atoms. The molecule has 0 saturated heterocycles. The molecule has 0 amide bonds. The van der Waals surface area contributed by atoms with Crippen molar-refractivity contribution in [1.29, 1.82) is 0 Å². The molecule has 1 saturated carbocycles. The average Bonchev–Trinajstić information content (AvgIpc) is 3.43. The first-order chi connectivity index (χ1) is 11.6. The van der Waals surface area contributed by atoms with Crippen LogP contribution in [0.15, 0.2) is 42.5 Å². The van der Waals surface area contributed by atoms with Crippen LogP contribution in [0.4, 0.5) is 5.69 Å². The molecule has 0 heterocycles. The number of hydrogen-bond acceptors (Lipinski definition) is 5. The quantitative estimate of drug-likeness (QED) is 0.457. The van der Waals surface area contributed by atoms with E-state index in [9.17, 15) is 14.9 Å². The fourth-order valence-corrected chi connectivity index (χ4v) is 2.36. The summed E-state index contributed by atoms with van der Waals surface area (Å²) < 4.78 is 10.3. The minimum Gasteiger partial charge on any atom is -0.493 e. The Kier molecular flexibility index (Phi) is 4.46. The highest BCUT2D eigenvalue weighted by atomic mass is 16.6. The second-order valence-electron chi connectivity index (χ2n) is 5.80. The minimum atomic E-state index is -0.607. The van der Waals surface area contributed by atoms with Crippen LogP contribution in [0.25, 0.3) is 11.1 Å². The maximum Gasteiger partial charge on any atom is 0.338 e. The molecule has 0 radical (unpaired) electrons. The fourth-order valence-electron chi connectivity index (χ4n) is 2.36. The molecule has 6 nitrogen and oxygen atoms in total. The Hall–Kier alpha value is -2.89. The van der Waals surface area contributed by atoms with E-state index in [1.54, 1.807) is 6.07 Å². The van der Waals surface area contributed by atoms with Gasteiger partial charge < -0.3 is 9.47 Å². The zero-order valence-electron chi connectivity index (χ0n) is 13.2. The van der Waals surface area contributed by atoms with Gasteiger partial charge in [-0.05, 0) is 48.1 Å². The zero-order chi connectivity index (χ0) is 17.1. The fraction of sp³-hybridized carbons (Fsp3) is 0.278. The summed E-state index contributed by atoms with van der Waals surface area (Å²) >= 11 is 0. The molecule has 0 spiro atoms. The van der Waals surface area contributed by atoms with E-state index < -0.39 is 10.9 Å². The van der Waals surface area contributed by atoms with Crippen LogP contribution in [-0.2, 0) is 4.74 Å². The number of methoxy groups -OCH3 is 1. The van der Waals surface area contributed by atoms with E-state index in [-0.39, 0.29) is 11.3 Å². The van der Waals surface area contributed by atoms with E-state index in [1.807, 2.05) is 24.3 Å². The number of nitro groups is 1. The normalized spacial score (nSPS) is 13.4. The van der Waals surface area contributed by atoms with Gasteiger partial charge >= 0.3 is 5.97 Å². The largest absolute Gasteiger partial charge is 0.493 e. The Bertz CT molecular complexity index is 765. The first kappa shape index (κ1) is 16.0. The molecular weight excluding hydrogens is 310 g/mol. The molecule has 0 aliphatic heterocycles. The molecular formula is C18H17NO5. The first-order valence-electron chi connectivity index (χ1n) is 7.68. The lowest BCUT2D eigenvalue weighted by Crippen LogP contribution is -2.03. The lowest BCUT2D eigenvalue weighted by atomic mass is 10.0. The van der Waals surface area contributed by atoms with E-state index >= 15 is 0 Å². The summed E-state index contributed by atoms with van der Waals surface area (Å²) in [6.07, 6.45) is 2.45.